The molecule has 6 heterocycles. The highest BCUT2D eigenvalue weighted by Gasteiger charge is 2.44. The molecule has 0 aliphatic carbocycles. The van der Waals surface area contributed by atoms with Crippen molar-refractivity contribution in [3.05, 3.63) is 151 Å². The highest BCUT2D eigenvalue weighted by atomic mass is 32.1. The van der Waals surface area contributed by atoms with Gasteiger partial charge in [0.2, 0.25) is 0 Å². The quantitative estimate of drug-likeness (QED) is 0.155. The van der Waals surface area contributed by atoms with E-state index in [2.05, 4.69) is 176 Å². The summed E-state index contributed by atoms with van der Waals surface area (Å²) < 4.78 is 14.7. The molecule has 0 unspecified atom stereocenters. The predicted octanol–water partition coefficient (Wildman–Crippen LogP) is 14.0. The van der Waals surface area contributed by atoms with E-state index >= 15 is 0 Å². The van der Waals surface area contributed by atoms with Gasteiger partial charge in [0.25, 0.3) is 0 Å². The molecular formula is C52H33BN2OS2. The number of furan rings is 1. The standard InChI is InChI=1S/C52H33BN2OS2/c1-52(2,3)28-16-18-29(19-17-28)55-41-27-47-37(31-11-5-8-14-44(31)58-47)24-36(41)33-20-21-35-48-40(23-22-34-30-10-4-7-13-43(30)56-51(34)48)54-42-25-38-32-12-6-9-15-45(32)57-46(38)26-39(42)53(55)49(33)50(35)54/h4-27H,1-3H3. The maximum absolute atomic E-state index is 6.84. The second-order valence-corrected chi connectivity index (χ2v) is 19.4. The summed E-state index contributed by atoms with van der Waals surface area (Å²) in [5.41, 5.74) is 14.7. The van der Waals surface area contributed by atoms with E-state index in [1.165, 1.54) is 107 Å². The fourth-order valence-corrected chi connectivity index (χ4v) is 12.8. The lowest BCUT2D eigenvalue weighted by molar-refractivity contribution is 0.590. The molecule has 0 spiro atoms. The third-order valence-electron chi connectivity index (χ3n) is 13.1. The Labute approximate surface area is 342 Å². The van der Waals surface area contributed by atoms with Crippen molar-refractivity contribution >= 4 is 136 Å². The van der Waals surface area contributed by atoms with Gasteiger partial charge in [0.1, 0.15) is 11.2 Å². The summed E-state index contributed by atoms with van der Waals surface area (Å²) in [5.74, 6) is 0. The van der Waals surface area contributed by atoms with Crippen LogP contribution in [0.3, 0.4) is 0 Å². The minimum absolute atomic E-state index is 0.0491. The smallest absolute Gasteiger partial charge is 0.333 e. The number of benzene rings is 8. The van der Waals surface area contributed by atoms with E-state index in [9.17, 15) is 0 Å². The average Bonchev–Trinajstić information content (AvgIpc) is 4.00. The van der Waals surface area contributed by atoms with Crippen molar-refractivity contribution in [1.29, 1.82) is 0 Å². The van der Waals surface area contributed by atoms with Crippen molar-refractivity contribution in [2.45, 2.75) is 26.2 Å². The number of nitrogens with zero attached hydrogens (tertiary/aromatic N) is 2. The first-order chi connectivity index (χ1) is 28.4. The Morgan fingerprint density at radius 3 is 1.97 bits per heavy atom. The largest absolute Gasteiger partial charge is 0.455 e. The lowest BCUT2D eigenvalue weighted by Gasteiger charge is -2.42. The normalized spacial score (nSPS) is 13.7. The van der Waals surface area contributed by atoms with Crippen LogP contribution in [-0.4, -0.2) is 11.4 Å². The Morgan fingerprint density at radius 1 is 0.534 bits per heavy atom. The van der Waals surface area contributed by atoms with Crippen LogP contribution in [0, 0.1) is 0 Å². The van der Waals surface area contributed by atoms with Gasteiger partial charge in [0.05, 0.1) is 16.4 Å². The van der Waals surface area contributed by atoms with Crippen LogP contribution < -0.4 is 15.7 Å². The van der Waals surface area contributed by atoms with Gasteiger partial charge in [0, 0.05) is 79.1 Å². The summed E-state index contributed by atoms with van der Waals surface area (Å²) in [4.78, 5) is 2.67. The summed E-state index contributed by atoms with van der Waals surface area (Å²) in [6.07, 6.45) is 0. The third kappa shape index (κ3) is 3.95. The number of anilines is 2. The lowest BCUT2D eigenvalue weighted by atomic mass is 9.44. The monoisotopic (exact) mass is 776 g/mol. The van der Waals surface area contributed by atoms with E-state index in [1.807, 2.05) is 22.7 Å². The molecule has 8 aromatic carbocycles. The molecule has 0 amide bonds. The van der Waals surface area contributed by atoms with Crippen LogP contribution in [0.1, 0.15) is 26.3 Å². The summed E-state index contributed by atoms with van der Waals surface area (Å²) in [6, 6.07) is 55.1. The lowest BCUT2D eigenvalue weighted by Crippen LogP contribution is -2.60. The number of thiophene rings is 2. The summed E-state index contributed by atoms with van der Waals surface area (Å²) in [6.45, 7) is 6.84. The number of rotatable bonds is 1. The molecule has 0 fully saturated rings. The van der Waals surface area contributed by atoms with E-state index in [-0.39, 0.29) is 12.3 Å². The van der Waals surface area contributed by atoms with Crippen LogP contribution in [0.5, 0.6) is 0 Å². The van der Waals surface area contributed by atoms with Crippen molar-refractivity contribution in [3.63, 3.8) is 0 Å². The van der Waals surface area contributed by atoms with Gasteiger partial charge >= 0.3 is 6.85 Å². The number of fused-ring (bicyclic) bond motifs is 18. The molecular weight excluding hydrogens is 744 g/mol. The first-order valence-electron chi connectivity index (χ1n) is 20.1. The highest BCUT2D eigenvalue weighted by molar-refractivity contribution is 7.26. The zero-order valence-corrected chi connectivity index (χ0v) is 33.7. The Kier molecular flexibility index (Phi) is 5.90. The zero-order valence-electron chi connectivity index (χ0n) is 32.1. The van der Waals surface area contributed by atoms with Crippen molar-refractivity contribution in [2.24, 2.45) is 0 Å². The maximum atomic E-state index is 6.84. The molecule has 0 N–H and O–H groups in total. The molecule has 0 bridgehead atoms. The van der Waals surface area contributed by atoms with Gasteiger partial charge in [0.15, 0.2) is 0 Å². The Balaban J connectivity index is 1.18. The minimum Gasteiger partial charge on any atom is -0.455 e. The van der Waals surface area contributed by atoms with Crippen LogP contribution in [0.15, 0.2) is 150 Å². The van der Waals surface area contributed by atoms with E-state index in [0.29, 0.717) is 0 Å². The second-order valence-electron chi connectivity index (χ2n) is 17.2. The summed E-state index contributed by atoms with van der Waals surface area (Å²) >= 11 is 3.80. The molecule has 3 nitrogen and oxygen atoms in total. The summed E-state index contributed by atoms with van der Waals surface area (Å²) in [5, 5.41) is 9.99. The molecule has 4 aromatic heterocycles. The molecule has 2 aliphatic rings. The van der Waals surface area contributed by atoms with Gasteiger partial charge in [-0.25, -0.2) is 0 Å². The van der Waals surface area contributed by atoms with E-state index in [4.69, 9.17) is 4.42 Å². The Morgan fingerprint density at radius 2 is 1.21 bits per heavy atom. The van der Waals surface area contributed by atoms with Crippen molar-refractivity contribution in [3.8, 4) is 16.8 Å². The van der Waals surface area contributed by atoms with Crippen LogP contribution in [0.4, 0.5) is 11.4 Å². The fourth-order valence-electron chi connectivity index (χ4n) is 10.5. The van der Waals surface area contributed by atoms with Crippen LogP contribution in [0.25, 0.3) is 101 Å². The first kappa shape index (κ1) is 31.7. The zero-order chi connectivity index (χ0) is 38.2. The molecule has 58 heavy (non-hydrogen) atoms. The summed E-state index contributed by atoms with van der Waals surface area (Å²) in [7, 11) is 0. The number of hydrogen-bond acceptors (Lipinski definition) is 4. The molecule has 0 radical (unpaired) electrons. The van der Waals surface area contributed by atoms with Crippen LogP contribution in [-0.2, 0) is 5.41 Å². The molecule has 0 saturated heterocycles. The van der Waals surface area contributed by atoms with Crippen molar-refractivity contribution < 1.29 is 4.42 Å². The van der Waals surface area contributed by atoms with Gasteiger partial charge in [-0.3, -0.25) is 0 Å². The maximum Gasteiger partial charge on any atom is 0.333 e. The van der Waals surface area contributed by atoms with Crippen LogP contribution in [0.2, 0.25) is 0 Å². The van der Waals surface area contributed by atoms with Gasteiger partial charge in [-0.1, -0.05) is 99.6 Å². The van der Waals surface area contributed by atoms with Gasteiger partial charge in [-0.15, -0.1) is 22.7 Å². The predicted molar refractivity (Wildman–Crippen MR) is 252 cm³/mol. The van der Waals surface area contributed by atoms with Crippen molar-refractivity contribution in [2.75, 3.05) is 4.81 Å². The van der Waals surface area contributed by atoms with Gasteiger partial charge < -0.3 is 13.8 Å². The topological polar surface area (TPSA) is 21.3 Å². The van der Waals surface area contributed by atoms with E-state index in [1.54, 1.807) is 0 Å². The van der Waals surface area contributed by atoms with Crippen LogP contribution >= 0.6 is 22.7 Å². The first-order valence-corrected chi connectivity index (χ1v) is 21.7. The molecule has 0 saturated carbocycles. The number of aromatic nitrogens is 1. The van der Waals surface area contributed by atoms with E-state index < -0.39 is 0 Å². The molecule has 2 aliphatic heterocycles. The average molecular weight is 777 g/mol. The molecule has 272 valence electrons. The van der Waals surface area contributed by atoms with E-state index in [0.717, 1.165) is 21.9 Å². The third-order valence-corrected chi connectivity index (χ3v) is 15.4. The van der Waals surface area contributed by atoms with Gasteiger partial charge in [-0.05, 0) is 94.2 Å². The second kappa shape index (κ2) is 10.8. The SMILES string of the molecule is CC(C)(C)c1ccc(N2B3c4cc5sc6ccccc6c5cc4-n4c5ccc6c7ccccc7oc6c5c5ccc(c3c54)-c3cc4c(cc32)sc2ccccc24)cc1. The highest BCUT2D eigenvalue weighted by Crippen LogP contribution is 2.50. The number of hydrogen-bond donors (Lipinski definition) is 0. The minimum atomic E-state index is -0.0638. The number of para-hydroxylation sites is 1. The molecule has 14 rings (SSSR count). The Bertz CT molecular complexity index is 3800. The van der Waals surface area contributed by atoms with Crippen molar-refractivity contribution in [1.82, 2.24) is 4.57 Å². The fraction of sp³-hybridized carbons (Fsp3) is 0.0769. The Hall–Kier alpha value is -6.34. The molecule has 12 aromatic rings. The van der Waals surface area contributed by atoms with Gasteiger partial charge in [-0.2, -0.15) is 0 Å². The molecule has 0 atom stereocenters. The molecule has 6 heteroatoms.